The second-order valence-electron chi connectivity index (χ2n) is 3.55. The number of halogens is 2. The Morgan fingerprint density at radius 3 is 2.88 bits per heavy atom. The van der Waals surface area contributed by atoms with Gasteiger partial charge in [-0.2, -0.15) is 0 Å². The van der Waals surface area contributed by atoms with E-state index in [9.17, 15) is 9.18 Å². The fourth-order valence-electron chi connectivity index (χ4n) is 1.57. The van der Waals surface area contributed by atoms with Crippen LogP contribution in [0.15, 0.2) is 10.5 Å². The molecule has 1 aromatic rings. The number of Topliss-reactive ketones (excluding diaryl/α,β-unsaturated/α-hetero) is 1. The normalized spacial score (nSPS) is 13.7. The molecule has 3 nitrogen and oxygen atoms in total. The van der Waals surface area contributed by atoms with Gasteiger partial charge in [0.1, 0.15) is 24.8 Å². The summed E-state index contributed by atoms with van der Waals surface area (Å²) < 4.78 is 24.8. The molecule has 0 fully saturated rings. The highest BCUT2D eigenvalue weighted by Gasteiger charge is 2.22. The minimum absolute atomic E-state index is 0.0447. The zero-order valence-corrected chi connectivity index (χ0v) is 10.3. The monoisotopic (exact) mass is 288 g/mol. The van der Waals surface area contributed by atoms with Gasteiger partial charge in [0, 0.05) is 18.1 Å². The number of ether oxygens (including phenoxy) is 2. The zero-order chi connectivity index (χ0) is 11.7. The minimum atomic E-state index is -0.452. The van der Waals surface area contributed by atoms with Crippen molar-refractivity contribution in [1.29, 1.82) is 0 Å². The van der Waals surface area contributed by atoms with Crippen LogP contribution in [-0.2, 0) is 11.2 Å². The highest BCUT2D eigenvalue weighted by atomic mass is 79.9. The molecular weight excluding hydrogens is 279 g/mol. The molecule has 16 heavy (non-hydrogen) atoms. The first kappa shape index (κ1) is 11.4. The molecule has 0 spiro atoms. The van der Waals surface area contributed by atoms with Crippen LogP contribution in [-0.4, -0.2) is 19.0 Å². The van der Waals surface area contributed by atoms with E-state index in [2.05, 4.69) is 15.9 Å². The molecule has 0 amide bonds. The quantitative estimate of drug-likeness (QED) is 0.839. The summed E-state index contributed by atoms with van der Waals surface area (Å²) in [4.78, 5) is 11.0. The molecule has 0 radical (unpaired) electrons. The number of carbonyl (C=O) groups is 1. The van der Waals surface area contributed by atoms with Gasteiger partial charge in [0.25, 0.3) is 0 Å². The fraction of sp³-hybridized carbons (Fsp3) is 0.364. The third-order valence-corrected chi connectivity index (χ3v) is 3.09. The summed E-state index contributed by atoms with van der Waals surface area (Å²) >= 11 is 3.25. The molecule has 1 aromatic carbocycles. The van der Waals surface area contributed by atoms with Gasteiger partial charge < -0.3 is 9.47 Å². The van der Waals surface area contributed by atoms with E-state index in [1.54, 1.807) is 0 Å². The van der Waals surface area contributed by atoms with Crippen LogP contribution in [0.4, 0.5) is 4.39 Å². The maximum atomic E-state index is 13.7. The van der Waals surface area contributed by atoms with Crippen molar-refractivity contribution in [1.82, 2.24) is 0 Å². The molecule has 1 heterocycles. The molecule has 1 aliphatic heterocycles. The number of hydrogen-bond acceptors (Lipinski definition) is 3. The summed E-state index contributed by atoms with van der Waals surface area (Å²) in [7, 11) is 0. The maximum absolute atomic E-state index is 13.7. The van der Waals surface area contributed by atoms with Crippen LogP contribution in [0.1, 0.15) is 12.5 Å². The van der Waals surface area contributed by atoms with Crippen LogP contribution < -0.4 is 9.47 Å². The van der Waals surface area contributed by atoms with Gasteiger partial charge in [-0.25, -0.2) is 4.39 Å². The summed E-state index contributed by atoms with van der Waals surface area (Å²) in [5.74, 6) is 0.300. The Kier molecular flexibility index (Phi) is 3.14. The van der Waals surface area contributed by atoms with E-state index in [0.717, 1.165) is 0 Å². The van der Waals surface area contributed by atoms with E-state index in [1.807, 2.05) is 0 Å². The molecule has 0 atom stereocenters. The van der Waals surface area contributed by atoms with Crippen molar-refractivity contribution in [2.45, 2.75) is 13.3 Å². The van der Waals surface area contributed by atoms with E-state index < -0.39 is 5.82 Å². The number of carbonyl (C=O) groups excluding carboxylic acids is 1. The zero-order valence-electron chi connectivity index (χ0n) is 8.68. The van der Waals surface area contributed by atoms with Gasteiger partial charge in [-0.15, -0.1) is 0 Å². The molecule has 0 aliphatic carbocycles. The first-order valence-corrected chi connectivity index (χ1v) is 5.65. The van der Waals surface area contributed by atoms with Crippen LogP contribution in [0, 0.1) is 5.82 Å². The summed E-state index contributed by atoms with van der Waals surface area (Å²) in [6.45, 7) is 2.25. The predicted molar refractivity (Wildman–Crippen MR) is 59.5 cm³/mol. The standard InChI is InChI=1S/C11H10BrFO3/c1-6(14)4-7-8(13)5-9-11(10(7)12)16-3-2-15-9/h5H,2-4H2,1H3. The maximum Gasteiger partial charge on any atom is 0.176 e. The lowest BCUT2D eigenvalue weighted by atomic mass is 10.1. The number of rotatable bonds is 2. The predicted octanol–water partition coefficient (Wildman–Crippen LogP) is 2.49. The van der Waals surface area contributed by atoms with Crippen molar-refractivity contribution < 1.29 is 18.7 Å². The van der Waals surface area contributed by atoms with Gasteiger partial charge in [0.05, 0.1) is 4.47 Å². The molecular formula is C11H10BrFO3. The summed E-state index contributed by atoms with van der Waals surface area (Å²) in [5.41, 5.74) is 0.316. The Bertz CT molecular complexity index is 445. The van der Waals surface area contributed by atoms with Gasteiger partial charge in [0.2, 0.25) is 0 Å². The first-order valence-electron chi connectivity index (χ1n) is 4.85. The first-order chi connectivity index (χ1) is 7.59. The molecule has 5 heteroatoms. The third kappa shape index (κ3) is 2.04. The van der Waals surface area contributed by atoms with E-state index in [-0.39, 0.29) is 12.2 Å². The van der Waals surface area contributed by atoms with E-state index in [4.69, 9.17) is 9.47 Å². The minimum Gasteiger partial charge on any atom is -0.486 e. The van der Waals surface area contributed by atoms with Gasteiger partial charge in [-0.1, -0.05) is 0 Å². The number of fused-ring (bicyclic) bond motifs is 1. The van der Waals surface area contributed by atoms with Crippen LogP contribution in [0.3, 0.4) is 0 Å². The van der Waals surface area contributed by atoms with Crippen LogP contribution in [0.25, 0.3) is 0 Å². The number of ketones is 1. The number of hydrogen-bond donors (Lipinski definition) is 0. The lowest BCUT2D eigenvalue weighted by molar-refractivity contribution is -0.116. The van der Waals surface area contributed by atoms with Crippen molar-refractivity contribution >= 4 is 21.7 Å². The average molecular weight is 289 g/mol. The third-order valence-electron chi connectivity index (χ3n) is 2.25. The summed E-state index contributed by atoms with van der Waals surface area (Å²) in [6.07, 6.45) is 0.0447. The van der Waals surface area contributed by atoms with Crippen LogP contribution in [0.2, 0.25) is 0 Å². The molecule has 86 valence electrons. The van der Waals surface area contributed by atoms with E-state index in [1.165, 1.54) is 13.0 Å². The number of benzene rings is 1. The molecule has 2 rings (SSSR count). The van der Waals surface area contributed by atoms with Gasteiger partial charge in [-0.3, -0.25) is 4.79 Å². The van der Waals surface area contributed by atoms with Crippen molar-refractivity contribution in [2.75, 3.05) is 13.2 Å². The molecule has 0 N–H and O–H groups in total. The Hall–Kier alpha value is -1.10. The van der Waals surface area contributed by atoms with Crippen LogP contribution in [0.5, 0.6) is 11.5 Å². The molecule has 1 aliphatic rings. The summed E-state index contributed by atoms with van der Waals surface area (Å²) in [5, 5.41) is 0. The van der Waals surface area contributed by atoms with Crippen molar-refractivity contribution in [2.24, 2.45) is 0 Å². The smallest absolute Gasteiger partial charge is 0.176 e. The molecule has 0 saturated heterocycles. The van der Waals surface area contributed by atoms with Crippen molar-refractivity contribution in [3.8, 4) is 11.5 Å². The molecule has 0 bridgehead atoms. The van der Waals surface area contributed by atoms with Crippen molar-refractivity contribution in [3.05, 3.63) is 21.9 Å². The largest absolute Gasteiger partial charge is 0.486 e. The SMILES string of the molecule is CC(=O)Cc1c(F)cc2c(c1Br)OCCO2. The van der Waals surface area contributed by atoms with Crippen LogP contribution >= 0.6 is 15.9 Å². The Labute approximate surface area is 101 Å². The highest BCUT2D eigenvalue weighted by molar-refractivity contribution is 9.10. The van der Waals surface area contributed by atoms with E-state index >= 15 is 0 Å². The second kappa shape index (κ2) is 4.41. The van der Waals surface area contributed by atoms with Crippen molar-refractivity contribution in [3.63, 3.8) is 0 Å². The topological polar surface area (TPSA) is 35.5 Å². The summed E-state index contributed by atoms with van der Waals surface area (Å²) in [6, 6.07) is 1.26. The molecule has 0 saturated carbocycles. The van der Waals surface area contributed by atoms with Gasteiger partial charge in [0.15, 0.2) is 11.5 Å². The molecule has 0 unspecified atom stereocenters. The Morgan fingerprint density at radius 1 is 1.50 bits per heavy atom. The lowest BCUT2D eigenvalue weighted by Crippen LogP contribution is -2.17. The van der Waals surface area contributed by atoms with Gasteiger partial charge in [-0.05, 0) is 22.9 Å². The lowest BCUT2D eigenvalue weighted by Gasteiger charge is -2.21. The second-order valence-corrected chi connectivity index (χ2v) is 4.35. The van der Waals surface area contributed by atoms with Gasteiger partial charge >= 0.3 is 0 Å². The molecule has 0 aromatic heterocycles. The fourth-order valence-corrected chi connectivity index (χ4v) is 2.21. The Balaban J connectivity index is 2.49. The Morgan fingerprint density at radius 2 is 2.19 bits per heavy atom. The van der Waals surface area contributed by atoms with E-state index in [0.29, 0.717) is 34.7 Å². The highest BCUT2D eigenvalue weighted by Crippen LogP contribution is 2.41. The average Bonchev–Trinajstić information content (AvgIpc) is 2.24.